The third kappa shape index (κ3) is 6.70. The van der Waals surface area contributed by atoms with Crippen molar-refractivity contribution in [2.45, 2.75) is 84.0 Å². The molecule has 1 N–H and O–H groups in total. The molecule has 0 saturated heterocycles. The maximum Gasteiger partial charge on any atom is 0.308 e. The van der Waals surface area contributed by atoms with Crippen LogP contribution in [0.25, 0.3) is 0 Å². The predicted molar refractivity (Wildman–Crippen MR) is 82.8 cm³/mol. The van der Waals surface area contributed by atoms with Gasteiger partial charge in [0.05, 0.1) is 23.7 Å². The first kappa shape index (κ1) is 17.4. The molecule has 0 radical (unpaired) electrons. The van der Waals surface area contributed by atoms with Crippen molar-refractivity contribution in [1.29, 1.82) is 0 Å². The van der Waals surface area contributed by atoms with Gasteiger partial charge in [0.2, 0.25) is 0 Å². The van der Waals surface area contributed by atoms with Gasteiger partial charge in [-0.05, 0) is 60.3 Å². The Hall–Kier alpha value is -0.620. The lowest BCUT2D eigenvalue weighted by atomic mass is 9.90. The van der Waals surface area contributed by atoms with Crippen LogP contribution in [-0.4, -0.2) is 22.5 Å². The van der Waals surface area contributed by atoms with Crippen molar-refractivity contribution in [2.75, 3.05) is 0 Å². The van der Waals surface area contributed by atoms with Crippen molar-refractivity contribution < 1.29 is 8.98 Å². The number of hydrogen-bond donors (Lipinski definition) is 1. The molecule has 1 aliphatic carbocycles. The molecule has 20 heavy (non-hydrogen) atoms. The molecule has 0 heterocycles. The molecule has 1 amide bonds. The zero-order valence-corrected chi connectivity index (χ0v) is 14.0. The highest BCUT2D eigenvalue weighted by Crippen LogP contribution is 2.31. The third-order valence-corrected chi connectivity index (χ3v) is 3.61. The number of nitrogens with zero attached hydrogens (tertiary/aromatic N) is 2. The normalized spacial score (nSPS) is 19.5. The standard InChI is InChI=1S/C14H27N3O2S/c1-11(2)19-20-12(18)15-14(9-7-6-8-10-14)17-16-13(3,4)5/h11H,6-10H2,1-5H3,(H,15,18). The number of rotatable bonds is 4. The summed E-state index contributed by atoms with van der Waals surface area (Å²) in [6.07, 6.45) is 5.04. The summed E-state index contributed by atoms with van der Waals surface area (Å²) in [5.41, 5.74) is -0.771. The number of azo groups is 1. The Balaban J connectivity index is 2.68. The largest absolute Gasteiger partial charge is 0.319 e. The van der Waals surface area contributed by atoms with Crippen molar-refractivity contribution >= 4 is 17.3 Å². The maximum atomic E-state index is 12.0. The van der Waals surface area contributed by atoms with Gasteiger partial charge in [0.25, 0.3) is 0 Å². The first-order chi connectivity index (χ1) is 9.22. The zero-order valence-electron chi connectivity index (χ0n) is 13.2. The maximum absolute atomic E-state index is 12.0. The van der Waals surface area contributed by atoms with Gasteiger partial charge in [0, 0.05) is 0 Å². The summed E-state index contributed by atoms with van der Waals surface area (Å²) in [5.74, 6) is 0. The molecule has 6 heteroatoms. The Morgan fingerprint density at radius 3 is 2.35 bits per heavy atom. The Bertz CT molecular complexity index is 345. The van der Waals surface area contributed by atoms with Crippen LogP contribution in [0.15, 0.2) is 10.2 Å². The zero-order chi connectivity index (χ0) is 15.2. The molecule has 0 atom stereocenters. The van der Waals surface area contributed by atoms with Crippen molar-refractivity contribution in [3.8, 4) is 0 Å². The molecule has 0 unspecified atom stereocenters. The second-order valence-corrected chi connectivity index (χ2v) is 7.33. The van der Waals surface area contributed by atoms with Crippen LogP contribution in [0.2, 0.25) is 0 Å². The molecule has 116 valence electrons. The highest BCUT2D eigenvalue weighted by Gasteiger charge is 2.34. The van der Waals surface area contributed by atoms with Crippen LogP contribution < -0.4 is 5.32 Å². The number of carbonyl (C=O) groups is 1. The summed E-state index contributed by atoms with van der Waals surface area (Å²) in [7, 11) is 0. The Kier molecular flexibility index (Phi) is 6.45. The fourth-order valence-electron chi connectivity index (χ4n) is 1.98. The van der Waals surface area contributed by atoms with E-state index in [1.807, 2.05) is 34.6 Å². The molecule has 0 aromatic carbocycles. The minimum atomic E-state index is -0.546. The Morgan fingerprint density at radius 2 is 1.85 bits per heavy atom. The van der Waals surface area contributed by atoms with E-state index in [0.29, 0.717) is 0 Å². The third-order valence-electron chi connectivity index (χ3n) is 2.87. The molecule has 1 fully saturated rings. The fraction of sp³-hybridized carbons (Fsp3) is 0.929. The number of hydrogen-bond acceptors (Lipinski definition) is 5. The molecule has 0 bridgehead atoms. The highest BCUT2D eigenvalue weighted by atomic mass is 32.2. The van der Waals surface area contributed by atoms with Crippen LogP contribution in [0.1, 0.15) is 66.7 Å². The highest BCUT2D eigenvalue weighted by molar-refractivity contribution is 8.09. The van der Waals surface area contributed by atoms with Crippen LogP contribution in [0.4, 0.5) is 4.79 Å². The summed E-state index contributed by atoms with van der Waals surface area (Å²) in [6, 6.07) is 0. The molecule has 1 aliphatic rings. The van der Waals surface area contributed by atoms with Gasteiger partial charge in [-0.2, -0.15) is 10.2 Å². The van der Waals surface area contributed by atoms with Gasteiger partial charge in [-0.25, -0.2) is 0 Å². The predicted octanol–water partition coefficient (Wildman–Crippen LogP) is 4.68. The van der Waals surface area contributed by atoms with E-state index in [1.54, 1.807) is 0 Å². The molecule has 5 nitrogen and oxygen atoms in total. The van der Waals surface area contributed by atoms with E-state index in [1.165, 1.54) is 6.42 Å². The average Bonchev–Trinajstić information content (AvgIpc) is 2.34. The van der Waals surface area contributed by atoms with Gasteiger partial charge in [0.15, 0.2) is 5.66 Å². The van der Waals surface area contributed by atoms with Gasteiger partial charge in [0.1, 0.15) is 0 Å². The fourth-order valence-corrected chi connectivity index (χ4v) is 2.49. The van der Waals surface area contributed by atoms with Crippen LogP contribution in [0.3, 0.4) is 0 Å². The van der Waals surface area contributed by atoms with Gasteiger partial charge in [-0.3, -0.25) is 4.79 Å². The van der Waals surface area contributed by atoms with Crippen molar-refractivity contribution in [1.82, 2.24) is 5.32 Å². The lowest BCUT2D eigenvalue weighted by Crippen LogP contribution is -2.47. The summed E-state index contributed by atoms with van der Waals surface area (Å²) < 4.78 is 5.27. The lowest BCUT2D eigenvalue weighted by molar-refractivity contribution is 0.211. The molecule has 1 rings (SSSR count). The summed E-state index contributed by atoms with van der Waals surface area (Å²) in [6.45, 7) is 9.81. The Morgan fingerprint density at radius 1 is 1.25 bits per heavy atom. The monoisotopic (exact) mass is 301 g/mol. The minimum Gasteiger partial charge on any atom is -0.319 e. The number of carbonyl (C=O) groups excluding carboxylic acids is 1. The van der Waals surface area contributed by atoms with E-state index in [-0.39, 0.29) is 16.9 Å². The number of amides is 1. The first-order valence-corrected chi connectivity index (χ1v) is 8.06. The van der Waals surface area contributed by atoms with E-state index in [2.05, 4.69) is 15.5 Å². The van der Waals surface area contributed by atoms with Crippen LogP contribution in [0, 0.1) is 0 Å². The van der Waals surface area contributed by atoms with Crippen LogP contribution in [0.5, 0.6) is 0 Å². The van der Waals surface area contributed by atoms with Gasteiger partial charge >= 0.3 is 5.24 Å². The summed E-state index contributed by atoms with van der Waals surface area (Å²) in [4.78, 5) is 12.0. The van der Waals surface area contributed by atoms with E-state index in [0.717, 1.165) is 37.7 Å². The molecular weight excluding hydrogens is 274 g/mol. The molecule has 0 aromatic heterocycles. The topological polar surface area (TPSA) is 63.0 Å². The smallest absolute Gasteiger partial charge is 0.308 e. The van der Waals surface area contributed by atoms with Gasteiger partial charge in [-0.1, -0.05) is 6.42 Å². The van der Waals surface area contributed by atoms with Crippen molar-refractivity contribution in [2.24, 2.45) is 10.2 Å². The Labute approximate surface area is 126 Å². The van der Waals surface area contributed by atoms with Crippen LogP contribution >= 0.6 is 12.0 Å². The summed E-state index contributed by atoms with van der Waals surface area (Å²) >= 11 is 0.858. The van der Waals surface area contributed by atoms with Gasteiger partial charge in [-0.15, -0.1) is 0 Å². The SMILES string of the molecule is CC(C)OSC(=O)NC1(N=NC(C)(C)C)CCCCC1. The van der Waals surface area contributed by atoms with Crippen molar-refractivity contribution in [3.05, 3.63) is 0 Å². The lowest BCUT2D eigenvalue weighted by Gasteiger charge is -2.33. The van der Waals surface area contributed by atoms with Gasteiger partial charge < -0.3 is 9.50 Å². The van der Waals surface area contributed by atoms with E-state index >= 15 is 0 Å². The first-order valence-electron chi connectivity index (χ1n) is 7.32. The molecule has 0 spiro atoms. The quantitative estimate of drug-likeness (QED) is 0.605. The summed E-state index contributed by atoms with van der Waals surface area (Å²) in [5, 5.41) is 11.7. The van der Waals surface area contributed by atoms with E-state index < -0.39 is 5.66 Å². The second kappa shape index (κ2) is 7.41. The molecular formula is C14H27N3O2S. The molecule has 0 aromatic rings. The molecule has 0 aliphatic heterocycles. The van der Waals surface area contributed by atoms with E-state index in [4.69, 9.17) is 4.18 Å². The van der Waals surface area contributed by atoms with Crippen molar-refractivity contribution in [3.63, 3.8) is 0 Å². The number of nitrogens with one attached hydrogen (secondary N) is 1. The average molecular weight is 301 g/mol. The second-order valence-electron chi connectivity index (χ2n) is 6.60. The molecule has 1 saturated carbocycles. The minimum absolute atomic E-state index is 0.0178. The van der Waals surface area contributed by atoms with Crippen LogP contribution in [-0.2, 0) is 4.18 Å². The van der Waals surface area contributed by atoms with E-state index in [9.17, 15) is 4.79 Å².